The first-order valence-corrected chi connectivity index (χ1v) is 11.9. The highest BCUT2D eigenvalue weighted by Crippen LogP contribution is 2.66. The highest BCUT2D eigenvalue weighted by molar-refractivity contribution is 7.80. The number of hydrogen-bond acceptors (Lipinski definition) is 4. The number of fused-ring (bicyclic) bond motifs is 5. The summed E-state index contributed by atoms with van der Waals surface area (Å²) in [5, 5.41) is 10.3. The molecule has 0 saturated heterocycles. The highest BCUT2D eigenvalue weighted by atomic mass is 32.3. The zero-order chi connectivity index (χ0) is 19.6. The van der Waals surface area contributed by atoms with Crippen LogP contribution in [0.4, 0.5) is 0 Å². The van der Waals surface area contributed by atoms with Gasteiger partial charge < -0.3 is 5.11 Å². The molecule has 6 heteroatoms. The monoisotopic (exact) mass is 398 g/mol. The molecule has 0 aromatic heterocycles. The summed E-state index contributed by atoms with van der Waals surface area (Å²) in [7, 11) is -4.39. The molecule has 2 N–H and O–H groups in total. The fourth-order valence-corrected chi connectivity index (χ4v) is 8.22. The summed E-state index contributed by atoms with van der Waals surface area (Å²) < 4.78 is 36.1. The van der Waals surface area contributed by atoms with Gasteiger partial charge in [-0.25, -0.2) is 4.18 Å². The smallest absolute Gasteiger partial charge is 0.393 e. The Bertz CT molecular complexity index is 729. The second kappa shape index (κ2) is 6.54. The summed E-state index contributed by atoms with van der Waals surface area (Å²) in [5.41, 5.74) is 1.70. The third-order valence-corrected chi connectivity index (χ3v) is 9.49. The maximum Gasteiger partial charge on any atom is 0.397 e. The Morgan fingerprint density at radius 1 is 1.15 bits per heavy atom. The van der Waals surface area contributed by atoms with E-state index in [4.69, 9.17) is 8.74 Å². The van der Waals surface area contributed by atoms with Crippen molar-refractivity contribution < 1.29 is 22.3 Å². The molecule has 0 aromatic rings. The Hall–Kier alpha value is -0.430. The minimum atomic E-state index is -4.39. The van der Waals surface area contributed by atoms with E-state index in [0.29, 0.717) is 36.5 Å². The maximum absolute atomic E-state index is 11.1. The van der Waals surface area contributed by atoms with Crippen LogP contribution in [0.1, 0.15) is 72.1 Å². The summed E-state index contributed by atoms with van der Waals surface area (Å²) in [6.45, 7) is 6.74. The van der Waals surface area contributed by atoms with Gasteiger partial charge in [-0.3, -0.25) is 4.55 Å². The lowest BCUT2D eigenvalue weighted by Crippen LogP contribution is -2.51. The Balaban J connectivity index is 1.57. The van der Waals surface area contributed by atoms with Gasteiger partial charge in [-0.1, -0.05) is 25.5 Å². The topological polar surface area (TPSA) is 83.8 Å². The molecule has 0 amide bonds. The van der Waals surface area contributed by atoms with E-state index >= 15 is 0 Å². The van der Waals surface area contributed by atoms with Crippen molar-refractivity contribution in [3.8, 4) is 0 Å². The Kier molecular flexibility index (Phi) is 4.81. The molecule has 0 heterocycles. The van der Waals surface area contributed by atoms with Crippen LogP contribution in [0.5, 0.6) is 0 Å². The molecule has 0 aliphatic heterocycles. The van der Waals surface area contributed by atoms with Crippen molar-refractivity contribution in [2.45, 2.75) is 84.3 Å². The first-order valence-electron chi connectivity index (χ1n) is 10.6. The van der Waals surface area contributed by atoms with Gasteiger partial charge in [-0.15, -0.1) is 0 Å². The molecule has 4 rings (SSSR count). The number of allylic oxidation sites excluding steroid dienone is 1. The van der Waals surface area contributed by atoms with Crippen molar-refractivity contribution in [2.75, 3.05) is 0 Å². The molecule has 0 radical (unpaired) electrons. The average molecular weight is 399 g/mol. The van der Waals surface area contributed by atoms with E-state index in [2.05, 4.69) is 19.9 Å². The van der Waals surface area contributed by atoms with Gasteiger partial charge in [0.05, 0.1) is 12.2 Å². The third kappa shape index (κ3) is 3.21. The molecule has 0 aromatic carbocycles. The number of aliphatic hydroxyl groups is 1. The highest BCUT2D eigenvalue weighted by Gasteiger charge is 2.59. The van der Waals surface area contributed by atoms with Gasteiger partial charge >= 0.3 is 10.4 Å². The van der Waals surface area contributed by atoms with E-state index in [9.17, 15) is 13.5 Å². The van der Waals surface area contributed by atoms with Crippen LogP contribution in [0.25, 0.3) is 0 Å². The van der Waals surface area contributed by atoms with Gasteiger partial charge in [-0.05, 0) is 92.8 Å². The van der Waals surface area contributed by atoms with E-state index in [1.807, 2.05) is 6.92 Å². The fraction of sp³-hybridized carbons (Fsp3) is 0.905. The third-order valence-electron chi connectivity index (χ3n) is 8.97. The normalized spacial score (nSPS) is 48.2. The van der Waals surface area contributed by atoms with Crippen LogP contribution in [0.15, 0.2) is 11.6 Å². The van der Waals surface area contributed by atoms with E-state index in [-0.39, 0.29) is 16.9 Å². The van der Waals surface area contributed by atoms with Gasteiger partial charge in [-0.2, -0.15) is 8.42 Å². The zero-order valence-corrected chi connectivity index (χ0v) is 17.5. The maximum atomic E-state index is 11.1. The SMILES string of the molecule is CC(O)C1CCC2C3CC=C4CC(OS(=O)(=O)O)CCC4(C)C3CCC12C. The molecule has 4 aliphatic rings. The van der Waals surface area contributed by atoms with Crippen molar-refractivity contribution in [1.82, 2.24) is 0 Å². The molecule has 3 saturated carbocycles. The lowest BCUT2D eigenvalue weighted by atomic mass is 9.47. The Labute approximate surface area is 163 Å². The van der Waals surface area contributed by atoms with E-state index in [0.717, 1.165) is 19.3 Å². The molecule has 5 nitrogen and oxygen atoms in total. The number of aliphatic hydroxyl groups excluding tert-OH is 1. The van der Waals surface area contributed by atoms with Crippen LogP contribution in [0.3, 0.4) is 0 Å². The van der Waals surface area contributed by atoms with Crippen LogP contribution in [0.2, 0.25) is 0 Å². The summed E-state index contributed by atoms with van der Waals surface area (Å²) in [5.74, 6) is 2.40. The number of rotatable bonds is 3. The van der Waals surface area contributed by atoms with Crippen molar-refractivity contribution in [3.63, 3.8) is 0 Å². The van der Waals surface area contributed by atoms with Gasteiger partial charge in [0.15, 0.2) is 0 Å². The van der Waals surface area contributed by atoms with Crippen molar-refractivity contribution >= 4 is 10.4 Å². The molecule has 0 spiro atoms. The fourth-order valence-electron chi connectivity index (χ4n) is 7.71. The van der Waals surface area contributed by atoms with Crippen molar-refractivity contribution in [2.24, 2.45) is 34.5 Å². The molecule has 0 bridgehead atoms. The quantitative estimate of drug-likeness (QED) is 0.551. The first kappa shape index (κ1) is 19.9. The van der Waals surface area contributed by atoms with Crippen LogP contribution in [-0.4, -0.2) is 30.3 Å². The summed E-state index contributed by atoms with van der Waals surface area (Å²) in [4.78, 5) is 0. The van der Waals surface area contributed by atoms with Gasteiger partial charge in [0.1, 0.15) is 0 Å². The molecule has 27 heavy (non-hydrogen) atoms. The van der Waals surface area contributed by atoms with Crippen molar-refractivity contribution in [3.05, 3.63) is 11.6 Å². The summed E-state index contributed by atoms with van der Waals surface area (Å²) in [6.07, 6.45) is 9.69. The van der Waals surface area contributed by atoms with E-state index in [1.165, 1.54) is 24.8 Å². The minimum Gasteiger partial charge on any atom is -0.393 e. The molecule has 4 aliphatic carbocycles. The Morgan fingerprint density at radius 3 is 2.56 bits per heavy atom. The second-order valence-electron chi connectivity index (χ2n) is 10.1. The molecule has 154 valence electrons. The average Bonchev–Trinajstić information content (AvgIpc) is 2.91. The second-order valence-corrected chi connectivity index (χ2v) is 11.2. The predicted octanol–water partition coefficient (Wildman–Crippen LogP) is 4.13. The van der Waals surface area contributed by atoms with Crippen LogP contribution >= 0.6 is 0 Å². The zero-order valence-electron chi connectivity index (χ0n) is 16.7. The van der Waals surface area contributed by atoms with Crippen LogP contribution < -0.4 is 0 Å². The largest absolute Gasteiger partial charge is 0.397 e. The van der Waals surface area contributed by atoms with Crippen LogP contribution in [0, 0.1) is 34.5 Å². The standard InChI is InChI=1S/C21H34O5S/c1-13(22)17-6-7-18-16-5-4-14-12-15(26-27(23,24)25)8-10-20(14,2)19(16)9-11-21(17,18)3/h4,13,15-19,22H,5-12H2,1-3H3,(H,23,24,25). The molecular weight excluding hydrogens is 364 g/mol. The van der Waals surface area contributed by atoms with Gasteiger partial charge in [0, 0.05) is 0 Å². The number of hydrogen-bond donors (Lipinski definition) is 2. The van der Waals surface area contributed by atoms with Gasteiger partial charge in [0.2, 0.25) is 0 Å². The first-order chi connectivity index (χ1) is 12.5. The summed E-state index contributed by atoms with van der Waals surface area (Å²) in [6, 6.07) is 0. The van der Waals surface area contributed by atoms with Crippen LogP contribution in [-0.2, 0) is 14.6 Å². The lowest BCUT2D eigenvalue weighted by Gasteiger charge is -2.58. The lowest BCUT2D eigenvalue weighted by molar-refractivity contribution is -0.0666. The predicted molar refractivity (Wildman–Crippen MR) is 103 cm³/mol. The molecule has 8 unspecified atom stereocenters. The van der Waals surface area contributed by atoms with Gasteiger partial charge in [0.25, 0.3) is 0 Å². The summed E-state index contributed by atoms with van der Waals surface area (Å²) >= 11 is 0. The Morgan fingerprint density at radius 2 is 1.89 bits per heavy atom. The van der Waals surface area contributed by atoms with E-state index < -0.39 is 16.5 Å². The minimum absolute atomic E-state index is 0.117. The molecule has 8 atom stereocenters. The van der Waals surface area contributed by atoms with Crippen molar-refractivity contribution in [1.29, 1.82) is 0 Å². The molecular formula is C21H34O5S. The van der Waals surface area contributed by atoms with E-state index in [1.54, 1.807) is 0 Å². The molecule has 3 fully saturated rings.